The van der Waals surface area contributed by atoms with E-state index in [-0.39, 0.29) is 11.2 Å². The van der Waals surface area contributed by atoms with E-state index in [4.69, 9.17) is 0 Å². The van der Waals surface area contributed by atoms with Crippen LogP contribution < -0.4 is 0 Å². The van der Waals surface area contributed by atoms with E-state index in [9.17, 15) is 4.79 Å². The Balaban J connectivity index is 2.09. The molecule has 2 aromatic heterocycles. The van der Waals surface area contributed by atoms with Gasteiger partial charge in [0, 0.05) is 17.1 Å². The second-order valence-electron chi connectivity index (χ2n) is 5.57. The van der Waals surface area contributed by atoms with Crippen LogP contribution in [0.5, 0.6) is 0 Å². The number of rotatable bonds is 1. The second kappa shape index (κ2) is 4.49. The highest BCUT2D eigenvalue weighted by Crippen LogP contribution is 2.40. The molecule has 0 aliphatic heterocycles. The molecule has 0 fully saturated rings. The van der Waals surface area contributed by atoms with Crippen LogP contribution in [0.2, 0.25) is 0 Å². The van der Waals surface area contributed by atoms with E-state index in [2.05, 4.69) is 39.7 Å². The summed E-state index contributed by atoms with van der Waals surface area (Å²) < 4.78 is 0.910. The molecule has 19 heavy (non-hydrogen) atoms. The zero-order valence-corrected chi connectivity index (χ0v) is 13.1. The van der Waals surface area contributed by atoms with Crippen LogP contribution in [0.3, 0.4) is 0 Å². The highest BCUT2D eigenvalue weighted by molar-refractivity contribution is 9.10. The van der Waals surface area contributed by atoms with Gasteiger partial charge in [-0.2, -0.15) is 0 Å². The maximum atomic E-state index is 12.2. The molecule has 3 rings (SSSR count). The van der Waals surface area contributed by atoms with Crippen LogP contribution >= 0.6 is 27.3 Å². The first-order chi connectivity index (χ1) is 8.96. The molecule has 0 spiro atoms. The van der Waals surface area contributed by atoms with Gasteiger partial charge in [-0.3, -0.25) is 9.78 Å². The SMILES string of the molecule is CC1(C)CC(=O)c2sc(-c3ncccc3Br)nc2C1. The molecule has 0 amide bonds. The van der Waals surface area contributed by atoms with Gasteiger partial charge in [-0.15, -0.1) is 11.3 Å². The molecule has 0 saturated heterocycles. The third-order valence-corrected chi connectivity index (χ3v) is 4.98. The van der Waals surface area contributed by atoms with Crippen LogP contribution in [-0.2, 0) is 6.42 Å². The average Bonchev–Trinajstić information content (AvgIpc) is 2.71. The lowest BCUT2D eigenvalue weighted by atomic mass is 9.78. The molecule has 0 aromatic carbocycles. The first-order valence-corrected chi connectivity index (χ1v) is 7.71. The highest BCUT2D eigenvalue weighted by atomic mass is 79.9. The van der Waals surface area contributed by atoms with Crippen molar-refractivity contribution < 1.29 is 4.79 Å². The Morgan fingerprint density at radius 2 is 2.16 bits per heavy atom. The van der Waals surface area contributed by atoms with Gasteiger partial charge < -0.3 is 0 Å². The predicted molar refractivity (Wildman–Crippen MR) is 79.5 cm³/mol. The van der Waals surface area contributed by atoms with Gasteiger partial charge in [-0.05, 0) is 39.9 Å². The Kier molecular flexibility index (Phi) is 3.06. The fourth-order valence-electron chi connectivity index (χ4n) is 2.36. The number of aromatic nitrogens is 2. The third kappa shape index (κ3) is 2.37. The van der Waals surface area contributed by atoms with E-state index in [0.29, 0.717) is 6.42 Å². The Bertz CT molecular complexity index is 663. The van der Waals surface area contributed by atoms with Crippen molar-refractivity contribution in [3.8, 4) is 10.7 Å². The smallest absolute Gasteiger partial charge is 0.175 e. The minimum atomic E-state index is 0.0107. The number of nitrogens with zero attached hydrogens (tertiary/aromatic N) is 2. The summed E-state index contributed by atoms with van der Waals surface area (Å²) >= 11 is 4.94. The number of Topliss-reactive ketones (excluding diaryl/α,β-unsaturated/α-hetero) is 1. The summed E-state index contributed by atoms with van der Waals surface area (Å²) in [5.74, 6) is 0.210. The molecule has 5 heteroatoms. The van der Waals surface area contributed by atoms with Gasteiger partial charge in [0.05, 0.1) is 10.6 Å². The summed E-state index contributed by atoms with van der Waals surface area (Å²) in [5.41, 5.74) is 1.75. The van der Waals surface area contributed by atoms with E-state index >= 15 is 0 Å². The van der Waals surface area contributed by atoms with E-state index in [1.807, 2.05) is 12.1 Å². The molecule has 0 saturated carbocycles. The van der Waals surface area contributed by atoms with Crippen molar-refractivity contribution in [3.05, 3.63) is 33.4 Å². The van der Waals surface area contributed by atoms with Crippen LogP contribution in [0.4, 0.5) is 0 Å². The van der Waals surface area contributed by atoms with Crippen molar-refractivity contribution in [2.24, 2.45) is 5.41 Å². The average molecular weight is 337 g/mol. The van der Waals surface area contributed by atoms with Crippen molar-refractivity contribution in [2.75, 3.05) is 0 Å². The maximum absolute atomic E-state index is 12.2. The molecule has 2 aromatic rings. The van der Waals surface area contributed by atoms with E-state index in [0.717, 1.165) is 32.2 Å². The van der Waals surface area contributed by atoms with Crippen LogP contribution in [0, 0.1) is 5.41 Å². The monoisotopic (exact) mass is 336 g/mol. The quantitative estimate of drug-likeness (QED) is 0.786. The topological polar surface area (TPSA) is 42.9 Å². The number of thiazole rings is 1. The lowest BCUT2D eigenvalue weighted by Crippen LogP contribution is -2.25. The first kappa shape index (κ1) is 12.9. The molecule has 0 unspecified atom stereocenters. The second-order valence-corrected chi connectivity index (χ2v) is 7.42. The Morgan fingerprint density at radius 1 is 1.37 bits per heavy atom. The van der Waals surface area contributed by atoms with Crippen molar-refractivity contribution in [1.82, 2.24) is 9.97 Å². The van der Waals surface area contributed by atoms with E-state index in [1.165, 1.54) is 11.3 Å². The zero-order chi connectivity index (χ0) is 13.6. The Morgan fingerprint density at radius 3 is 2.89 bits per heavy atom. The Labute approximate surface area is 124 Å². The van der Waals surface area contributed by atoms with Gasteiger partial charge in [0.15, 0.2) is 5.78 Å². The number of ketones is 1. The number of pyridine rings is 1. The van der Waals surface area contributed by atoms with Gasteiger partial charge in [0.2, 0.25) is 0 Å². The molecule has 0 atom stereocenters. The largest absolute Gasteiger partial charge is 0.293 e. The normalized spacial score (nSPS) is 17.3. The van der Waals surface area contributed by atoms with Gasteiger partial charge in [-0.1, -0.05) is 13.8 Å². The summed E-state index contributed by atoms with van der Waals surface area (Å²) in [7, 11) is 0. The fraction of sp³-hybridized carbons (Fsp3) is 0.357. The summed E-state index contributed by atoms with van der Waals surface area (Å²) in [6, 6.07) is 3.81. The maximum Gasteiger partial charge on any atom is 0.175 e. The summed E-state index contributed by atoms with van der Waals surface area (Å²) in [4.78, 5) is 22.0. The Hall–Kier alpha value is -1.07. The minimum absolute atomic E-state index is 0.0107. The standard InChI is InChI=1S/C14H13BrN2OS/c1-14(2)6-9-12(10(18)7-14)19-13(17-9)11-8(15)4-3-5-16-11/h3-5H,6-7H2,1-2H3. The lowest BCUT2D eigenvalue weighted by Gasteiger charge is -2.26. The minimum Gasteiger partial charge on any atom is -0.293 e. The molecule has 2 heterocycles. The number of halogens is 1. The molecule has 0 bridgehead atoms. The molecule has 3 nitrogen and oxygen atoms in total. The van der Waals surface area contributed by atoms with Crippen LogP contribution in [-0.4, -0.2) is 15.8 Å². The van der Waals surface area contributed by atoms with Crippen molar-refractivity contribution in [2.45, 2.75) is 26.7 Å². The van der Waals surface area contributed by atoms with Crippen molar-refractivity contribution in [1.29, 1.82) is 0 Å². The molecule has 0 radical (unpaired) electrons. The van der Waals surface area contributed by atoms with Gasteiger partial charge in [0.25, 0.3) is 0 Å². The van der Waals surface area contributed by atoms with Crippen LogP contribution in [0.25, 0.3) is 10.7 Å². The van der Waals surface area contributed by atoms with E-state index < -0.39 is 0 Å². The molecule has 1 aliphatic carbocycles. The molecule has 0 N–H and O–H groups in total. The third-order valence-electron chi connectivity index (χ3n) is 3.20. The molecular formula is C14H13BrN2OS. The predicted octanol–water partition coefficient (Wildman–Crippen LogP) is 4.12. The number of carbonyl (C=O) groups is 1. The van der Waals surface area contributed by atoms with E-state index in [1.54, 1.807) is 6.20 Å². The van der Waals surface area contributed by atoms with Crippen molar-refractivity contribution in [3.63, 3.8) is 0 Å². The molecule has 98 valence electrons. The first-order valence-electron chi connectivity index (χ1n) is 6.10. The number of carbonyl (C=O) groups excluding carboxylic acids is 1. The number of fused-ring (bicyclic) bond motifs is 1. The van der Waals surface area contributed by atoms with Crippen LogP contribution in [0.15, 0.2) is 22.8 Å². The lowest BCUT2D eigenvalue weighted by molar-refractivity contribution is 0.0916. The van der Waals surface area contributed by atoms with Gasteiger partial charge in [0.1, 0.15) is 10.7 Å². The summed E-state index contributed by atoms with van der Waals surface area (Å²) in [6.07, 6.45) is 3.20. The summed E-state index contributed by atoms with van der Waals surface area (Å²) in [5, 5.41) is 0.823. The fourth-order valence-corrected chi connectivity index (χ4v) is 3.97. The number of hydrogen-bond acceptors (Lipinski definition) is 4. The van der Waals surface area contributed by atoms with Crippen LogP contribution in [0.1, 0.15) is 35.6 Å². The van der Waals surface area contributed by atoms with Crippen molar-refractivity contribution >= 4 is 33.0 Å². The van der Waals surface area contributed by atoms with Gasteiger partial charge in [-0.25, -0.2) is 4.98 Å². The van der Waals surface area contributed by atoms with Gasteiger partial charge >= 0.3 is 0 Å². The molecular weight excluding hydrogens is 324 g/mol. The molecule has 1 aliphatic rings. The zero-order valence-electron chi connectivity index (χ0n) is 10.7. The highest BCUT2D eigenvalue weighted by Gasteiger charge is 2.34. The summed E-state index contributed by atoms with van der Waals surface area (Å²) in [6.45, 7) is 4.23. The number of hydrogen-bond donors (Lipinski definition) is 0.